The molecule has 6 nitrogen and oxygen atoms in total. The molecule has 1 aliphatic rings. The Balaban J connectivity index is 2.19. The molecule has 1 saturated heterocycles. The summed E-state index contributed by atoms with van der Waals surface area (Å²) in [6.45, 7) is 4.35. The van der Waals surface area contributed by atoms with E-state index in [0.29, 0.717) is 30.8 Å². The summed E-state index contributed by atoms with van der Waals surface area (Å²) in [5.41, 5.74) is 3.78. The minimum atomic E-state index is -3.50. The first-order chi connectivity index (χ1) is 9.86. The van der Waals surface area contributed by atoms with Gasteiger partial charge in [-0.05, 0) is 43.9 Å². The minimum Gasteiger partial charge on any atom is -0.294 e. The summed E-state index contributed by atoms with van der Waals surface area (Å²) in [5.74, 6) is 4.69. The lowest BCUT2D eigenvalue weighted by molar-refractivity contribution is -0.126. The Hall–Kier alpha value is -1.44. The molecule has 1 amide bonds. The number of nitrogens with two attached hydrogens (primary N) is 1. The highest BCUT2D eigenvalue weighted by Crippen LogP contribution is 2.26. The van der Waals surface area contributed by atoms with Gasteiger partial charge >= 0.3 is 0 Å². The van der Waals surface area contributed by atoms with Crippen molar-refractivity contribution >= 4 is 15.9 Å². The number of sulfonamides is 1. The van der Waals surface area contributed by atoms with E-state index in [0.717, 1.165) is 11.1 Å². The molecule has 0 saturated carbocycles. The summed E-state index contributed by atoms with van der Waals surface area (Å²) in [7, 11) is -3.50. The van der Waals surface area contributed by atoms with Crippen molar-refractivity contribution in [1.29, 1.82) is 0 Å². The van der Waals surface area contributed by atoms with Crippen molar-refractivity contribution in [3.05, 3.63) is 29.3 Å². The number of hydrazine groups is 1. The summed E-state index contributed by atoms with van der Waals surface area (Å²) in [6, 6.07) is 5.41. The Bertz CT molecular complexity index is 635. The van der Waals surface area contributed by atoms with E-state index in [9.17, 15) is 13.2 Å². The Labute approximate surface area is 125 Å². The molecule has 0 aliphatic carbocycles. The first kappa shape index (κ1) is 15.9. The lowest BCUT2D eigenvalue weighted by Gasteiger charge is -2.30. The first-order valence-corrected chi connectivity index (χ1v) is 8.38. The summed E-state index contributed by atoms with van der Waals surface area (Å²) in [5, 5.41) is 0. The molecule has 0 unspecified atom stereocenters. The Morgan fingerprint density at radius 3 is 2.48 bits per heavy atom. The van der Waals surface area contributed by atoms with Gasteiger partial charge in [0.05, 0.1) is 4.90 Å². The van der Waals surface area contributed by atoms with Crippen LogP contribution < -0.4 is 11.3 Å². The molecule has 3 N–H and O–H groups in total. The SMILES string of the molecule is Cc1ccc(C)c(S(=O)(=O)N2CCC(C(=O)NN)CC2)c1. The van der Waals surface area contributed by atoms with Crippen molar-refractivity contribution in [2.24, 2.45) is 11.8 Å². The molecule has 0 bridgehead atoms. The molecule has 0 atom stereocenters. The monoisotopic (exact) mass is 311 g/mol. The molecular formula is C14H21N3O3S. The maximum absolute atomic E-state index is 12.7. The van der Waals surface area contributed by atoms with Crippen LogP contribution in [0.25, 0.3) is 0 Å². The zero-order chi connectivity index (χ0) is 15.6. The molecule has 0 aromatic heterocycles. The van der Waals surface area contributed by atoms with E-state index in [1.807, 2.05) is 19.1 Å². The van der Waals surface area contributed by atoms with Crippen LogP contribution in [0.1, 0.15) is 24.0 Å². The van der Waals surface area contributed by atoms with Crippen LogP contribution in [-0.4, -0.2) is 31.7 Å². The van der Waals surface area contributed by atoms with Crippen LogP contribution in [-0.2, 0) is 14.8 Å². The standard InChI is InChI=1S/C14H21N3O3S/c1-10-3-4-11(2)13(9-10)21(19,20)17-7-5-12(6-8-17)14(18)16-15/h3-4,9,12H,5-8,15H2,1-2H3,(H,16,18). The first-order valence-electron chi connectivity index (χ1n) is 6.94. The predicted molar refractivity (Wildman–Crippen MR) is 79.7 cm³/mol. The molecule has 7 heteroatoms. The maximum atomic E-state index is 12.7. The van der Waals surface area contributed by atoms with Gasteiger partial charge < -0.3 is 0 Å². The molecule has 1 aliphatic heterocycles. The Kier molecular flexibility index (Phi) is 4.65. The number of carbonyl (C=O) groups excluding carboxylic acids is 1. The normalized spacial score (nSPS) is 17.7. The van der Waals surface area contributed by atoms with Gasteiger partial charge in [-0.3, -0.25) is 10.2 Å². The van der Waals surface area contributed by atoms with E-state index in [1.165, 1.54) is 4.31 Å². The molecule has 2 rings (SSSR count). The zero-order valence-corrected chi connectivity index (χ0v) is 13.1. The van der Waals surface area contributed by atoms with Crippen LogP contribution in [0.4, 0.5) is 0 Å². The number of benzene rings is 1. The summed E-state index contributed by atoms with van der Waals surface area (Å²) >= 11 is 0. The molecular weight excluding hydrogens is 290 g/mol. The van der Waals surface area contributed by atoms with E-state index < -0.39 is 10.0 Å². The highest BCUT2D eigenvalue weighted by Gasteiger charge is 2.32. The van der Waals surface area contributed by atoms with Gasteiger partial charge in [-0.15, -0.1) is 0 Å². The number of hydrogen-bond acceptors (Lipinski definition) is 4. The fourth-order valence-electron chi connectivity index (χ4n) is 2.60. The topological polar surface area (TPSA) is 92.5 Å². The van der Waals surface area contributed by atoms with Gasteiger partial charge in [-0.25, -0.2) is 14.3 Å². The van der Waals surface area contributed by atoms with Gasteiger partial charge in [0.2, 0.25) is 15.9 Å². The lowest BCUT2D eigenvalue weighted by Crippen LogP contribution is -2.44. The van der Waals surface area contributed by atoms with Gasteiger partial charge in [-0.1, -0.05) is 12.1 Å². The van der Waals surface area contributed by atoms with E-state index in [2.05, 4.69) is 5.43 Å². The van der Waals surface area contributed by atoms with Crippen molar-refractivity contribution < 1.29 is 13.2 Å². The van der Waals surface area contributed by atoms with Gasteiger partial charge in [0.15, 0.2) is 0 Å². The average Bonchev–Trinajstić information content (AvgIpc) is 2.49. The molecule has 1 aromatic rings. The van der Waals surface area contributed by atoms with Gasteiger partial charge in [0, 0.05) is 19.0 Å². The number of carbonyl (C=O) groups is 1. The van der Waals surface area contributed by atoms with Crippen LogP contribution in [0.3, 0.4) is 0 Å². The van der Waals surface area contributed by atoms with Gasteiger partial charge in [0.1, 0.15) is 0 Å². The number of aryl methyl sites for hydroxylation is 2. The highest BCUT2D eigenvalue weighted by atomic mass is 32.2. The second-order valence-corrected chi connectivity index (χ2v) is 7.36. The molecule has 21 heavy (non-hydrogen) atoms. The van der Waals surface area contributed by atoms with Crippen molar-refractivity contribution in [3.63, 3.8) is 0 Å². The van der Waals surface area contributed by atoms with Crippen LogP contribution in [0.2, 0.25) is 0 Å². The lowest BCUT2D eigenvalue weighted by atomic mass is 9.98. The maximum Gasteiger partial charge on any atom is 0.243 e. The van der Waals surface area contributed by atoms with Crippen LogP contribution in [0.5, 0.6) is 0 Å². The number of amides is 1. The predicted octanol–water partition coefficient (Wildman–Crippen LogP) is 0.694. The van der Waals surface area contributed by atoms with Gasteiger partial charge in [0.25, 0.3) is 0 Å². The van der Waals surface area contributed by atoms with Crippen LogP contribution in [0, 0.1) is 19.8 Å². The summed E-state index contributed by atoms with van der Waals surface area (Å²) in [6.07, 6.45) is 0.986. The second kappa shape index (κ2) is 6.13. The number of nitrogens with zero attached hydrogens (tertiary/aromatic N) is 1. The molecule has 0 spiro atoms. The van der Waals surface area contributed by atoms with Crippen molar-refractivity contribution in [3.8, 4) is 0 Å². The van der Waals surface area contributed by atoms with Crippen molar-refractivity contribution in [1.82, 2.24) is 9.73 Å². The number of hydrogen-bond donors (Lipinski definition) is 2. The van der Waals surface area contributed by atoms with E-state index in [-0.39, 0.29) is 11.8 Å². The number of nitrogens with one attached hydrogen (secondary N) is 1. The quantitative estimate of drug-likeness (QED) is 0.488. The highest BCUT2D eigenvalue weighted by molar-refractivity contribution is 7.89. The van der Waals surface area contributed by atoms with Crippen molar-refractivity contribution in [2.75, 3.05) is 13.1 Å². The summed E-state index contributed by atoms with van der Waals surface area (Å²) in [4.78, 5) is 11.8. The van der Waals surface area contributed by atoms with E-state index in [4.69, 9.17) is 5.84 Å². The molecule has 1 aromatic carbocycles. The summed E-state index contributed by atoms with van der Waals surface area (Å²) < 4.78 is 26.9. The van der Waals surface area contributed by atoms with Crippen LogP contribution in [0.15, 0.2) is 23.1 Å². The number of rotatable bonds is 3. The third-order valence-electron chi connectivity index (χ3n) is 3.93. The third-order valence-corrected chi connectivity index (χ3v) is 5.97. The van der Waals surface area contributed by atoms with Crippen LogP contribution >= 0.6 is 0 Å². The molecule has 1 heterocycles. The fraction of sp³-hybridized carbons (Fsp3) is 0.500. The third kappa shape index (κ3) is 3.25. The second-order valence-electron chi connectivity index (χ2n) is 5.46. The molecule has 116 valence electrons. The van der Waals surface area contributed by atoms with E-state index in [1.54, 1.807) is 13.0 Å². The largest absolute Gasteiger partial charge is 0.294 e. The van der Waals surface area contributed by atoms with Gasteiger partial charge in [-0.2, -0.15) is 4.31 Å². The fourth-order valence-corrected chi connectivity index (χ4v) is 4.38. The average molecular weight is 311 g/mol. The minimum absolute atomic E-state index is 0.208. The zero-order valence-electron chi connectivity index (χ0n) is 12.3. The van der Waals surface area contributed by atoms with E-state index >= 15 is 0 Å². The van der Waals surface area contributed by atoms with Crippen molar-refractivity contribution in [2.45, 2.75) is 31.6 Å². The Morgan fingerprint density at radius 2 is 1.90 bits per heavy atom. The number of piperidine rings is 1. The molecule has 1 fully saturated rings. The molecule has 0 radical (unpaired) electrons. The Morgan fingerprint density at radius 1 is 1.29 bits per heavy atom. The smallest absolute Gasteiger partial charge is 0.243 e.